The highest BCUT2D eigenvalue weighted by atomic mass is 32.2. The zero-order valence-corrected chi connectivity index (χ0v) is 13.4. The number of hydrogen-bond donors (Lipinski definition) is 4. The lowest BCUT2D eigenvalue weighted by Gasteiger charge is -2.41. The van der Waals surface area contributed by atoms with E-state index in [1.807, 2.05) is 0 Å². The quantitative estimate of drug-likeness (QED) is 0.333. The van der Waals surface area contributed by atoms with Gasteiger partial charge in [-0.05, 0) is 23.8 Å². The van der Waals surface area contributed by atoms with Gasteiger partial charge >= 0.3 is 0 Å². The number of aliphatic hydroxyl groups excluding tert-OH is 4. The van der Waals surface area contributed by atoms with E-state index in [2.05, 4.69) is 23.9 Å². The zero-order valence-electron chi connectivity index (χ0n) is 12.6. The van der Waals surface area contributed by atoms with Crippen LogP contribution in [0.2, 0.25) is 0 Å². The van der Waals surface area contributed by atoms with Crippen LogP contribution in [0, 0.1) is 5.41 Å². The summed E-state index contributed by atoms with van der Waals surface area (Å²) in [7, 11) is 0. The van der Waals surface area contributed by atoms with Crippen LogP contribution in [0.5, 0.6) is 0 Å². The summed E-state index contributed by atoms with van der Waals surface area (Å²) < 4.78 is 5.53. The van der Waals surface area contributed by atoms with E-state index in [1.54, 1.807) is 0 Å². The van der Waals surface area contributed by atoms with Crippen molar-refractivity contribution in [2.24, 2.45) is 10.5 Å². The average Bonchev–Trinajstić information content (AvgIpc) is 2.74. The highest BCUT2D eigenvalue weighted by Crippen LogP contribution is 2.48. The van der Waals surface area contributed by atoms with Gasteiger partial charge in [-0.1, -0.05) is 19.0 Å². The van der Waals surface area contributed by atoms with E-state index in [-0.39, 0.29) is 16.7 Å². The van der Waals surface area contributed by atoms with Crippen molar-refractivity contribution in [2.75, 3.05) is 6.61 Å². The van der Waals surface area contributed by atoms with Crippen LogP contribution in [0.1, 0.15) is 26.7 Å². The lowest BCUT2D eigenvalue weighted by atomic mass is 9.91. The van der Waals surface area contributed by atoms with Crippen LogP contribution < -0.4 is 0 Å². The molecule has 0 aromatic heterocycles. The van der Waals surface area contributed by atoms with Crippen molar-refractivity contribution in [3.63, 3.8) is 0 Å². The van der Waals surface area contributed by atoms with Crippen LogP contribution >= 0.6 is 11.8 Å². The summed E-state index contributed by atoms with van der Waals surface area (Å²) in [5.41, 5.74) is 7.72. The fraction of sp³-hybridized carbons (Fsp3) is 1.00. The van der Waals surface area contributed by atoms with E-state index in [4.69, 9.17) is 10.3 Å². The Hall–Kier alpha value is -0.540. The molecule has 2 aliphatic rings. The summed E-state index contributed by atoms with van der Waals surface area (Å²) in [6, 6.07) is -0.0950. The molecule has 0 aromatic rings. The summed E-state index contributed by atoms with van der Waals surface area (Å²) in [5.74, 6) is 0. The molecule has 0 aromatic carbocycles. The third kappa shape index (κ3) is 3.51. The molecular formula is C13H23N3O5S. The second kappa shape index (κ2) is 6.92. The van der Waals surface area contributed by atoms with Crippen LogP contribution in [0.3, 0.4) is 0 Å². The molecule has 1 aliphatic heterocycles. The summed E-state index contributed by atoms with van der Waals surface area (Å²) in [6.45, 7) is 3.68. The topological polar surface area (TPSA) is 139 Å². The molecule has 7 atom stereocenters. The fourth-order valence-electron chi connectivity index (χ4n) is 3.13. The van der Waals surface area contributed by atoms with Crippen molar-refractivity contribution in [1.29, 1.82) is 0 Å². The van der Waals surface area contributed by atoms with Crippen LogP contribution in [-0.4, -0.2) is 68.2 Å². The fourth-order valence-corrected chi connectivity index (χ4v) is 4.78. The van der Waals surface area contributed by atoms with Gasteiger partial charge in [0.1, 0.15) is 29.9 Å². The van der Waals surface area contributed by atoms with Gasteiger partial charge in [-0.3, -0.25) is 0 Å². The first-order valence-electron chi connectivity index (χ1n) is 7.30. The molecular weight excluding hydrogens is 310 g/mol. The molecule has 1 aliphatic carbocycles. The lowest BCUT2D eigenvalue weighted by molar-refractivity contribution is -0.205. The van der Waals surface area contributed by atoms with Gasteiger partial charge in [0.15, 0.2) is 0 Å². The SMILES string of the molecule is CC1(C)CC(N=[N+]=[N-])CC1S[C@@H]1O[C@H](CO)[C@H](O)[C@H](O)[C@H]1O. The smallest absolute Gasteiger partial charge is 0.132 e. The summed E-state index contributed by atoms with van der Waals surface area (Å²) in [4.78, 5) is 2.86. The minimum Gasteiger partial charge on any atom is -0.394 e. The van der Waals surface area contributed by atoms with Gasteiger partial charge in [0, 0.05) is 16.2 Å². The number of thioether (sulfide) groups is 1. The van der Waals surface area contributed by atoms with E-state index >= 15 is 0 Å². The molecule has 4 N–H and O–H groups in total. The molecule has 2 unspecified atom stereocenters. The van der Waals surface area contributed by atoms with E-state index in [0.29, 0.717) is 6.42 Å². The zero-order chi connectivity index (χ0) is 16.5. The van der Waals surface area contributed by atoms with Crippen molar-refractivity contribution in [1.82, 2.24) is 0 Å². The van der Waals surface area contributed by atoms with Crippen LogP contribution in [-0.2, 0) is 4.74 Å². The summed E-state index contributed by atoms with van der Waals surface area (Å²) in [5, 5.41) is 42.8. The molecule has 0 bridgehead atoms. The first-order valence-corrected chi connectivity index (χ1v) is 8.24. The predicted molar refractivity (Wildman–Crippen MR) is 81.1 cm³/mol. The Morgan fingerprint density at radius 1 is 1.27 bits per heavy atom. The van der Waals surface area contributed by atoms with Crippen molar-refractivity contribution in [3.8, 4) is 0 Å². The maximum absolute atomic E-state index is 10.1. The number of hydrogen-bond acceptors (Lipinski definition) is 7. The molecule has 126 valence electrons. The highest BCUT2D eigenvalue weighted by molar-refractivity contribution is 8.00. The molecule has 22 heavy (non-hydrogen) atoms. The number of nitrogens with zero attached hydrogens (tertiary/aromatic N) is 3. The van der Waals surface area contributed by atoms with Crippen molar-refractivity contribution in [2.45, 2.75) is 67.8 Å². The maximum atomic E-state index is 10.1. The van der Waals surface area contributed by atoms with E-state index in [1.165, 1.54) is 11.8 Å². The van der Waals surface area contributed by atoms with Crippen LogP contribution in [0.4, 0.5) is 0 Å². The standard InChI is InChI=1S/C13H23N3O5S/c1-13(2)4-6(15-16-14)3-8(13)22-12-11(20)10(19)9(18)7(5-17)21-12/h6-12,17-20H,3-5H2,1-2H3/t6?,7-,8?,9+,10+,11-,12+/m1/s1. The van der Waals surface area contributed by atoms with Gasteiger partial charge < -0.3 is 25.2 Å². The van der Waals surface area contributed by atoms with Gasteiger partial charge in [-0.15, -0.1) is 11.8 Å². The number of ether oxygens (including phenoxy) is 1. The molecule has 0 amide bonds. The molecule has 2 rings (SSSR count). The van der Waals surface area contributed by atoms with Gasteiger partial charge in [0.05, 0.1) is 6.61 Å². The molecule has 1 saturated heterocycles. The molecule has 1 saturated carbocycles. The first kappa shape index (κ1) is 17.8. The second-order valence-corrected chi connectivity index (χ2v) is 7.91. The van der Waals surface area contributed by atoms with Crippen molar-refractivity contribution < 1.29 is 25.2 Å². The molecule has 1 heterocycles. The van der Waals surface area contributed by atoms with Gasteiger partial charge in [0.25, 0.3) is 0 Å². The Morgan fingerprint density at radius 3 is 2.55 bits per heavy atom. The molecule has 2 fully saturated rings. The lowest BCUT2D eigenvalue weighted by Crippen LogP contribution is -2.58. The molecule has 8 nitrogen and oxygen atoms in total. The van der Waals surface area contributed by atoms with Crippen LogP contribution in [0.15, 0.2) is 5.11 Å². The highest BCUT2D eigenvalue weighted by Gasteiger charge is 2.48. The number of aliphatic hydroxyl groups is 4. The van der Waals surface area contributed by atoms with E-state index < -0.39 is 36.5 Å². The minimum atomic E-state index is -1.36. The Morgan fingerprint density at radius 2 is 1.95 bits per heavy atom. The molecule has 0 spiro atoms. The third-order valence-corrected chi connectivity index (χ3v) is 6.30. The number of rotatable bonds is 4. The molecule has 9 heteroatoms. The Kier molecular flexibility index (Phi) is 5.60. The van der Waals surface area contributed by atoms with Crippen molar-refractivity contribution in [3.05, 3.63) is 10.4 Å². The normalized spacial score (nSPS) is 44.5. The Labute approximate surface area is 133 Å². The Bertz CT molecular complexity index is 443. The monoisotopic (exact) mass is 333 g/mol. The summed E-state index contributed by atoms with van der Waals surface area (Å²) in [6.07, 6.45) is -3.43. The Balaban J connectivity index is 2.07. The predicted octanol–water partition coefficient (Wildman–Crippen LogP) is 0.387. The van der Waals surface area contributed by atoms with Crippen LogP contribution in [0.25, 0.3) is 10.4 Å². The number of azide groups is 1. The average molecular weight is 333 g/mol. The third-order valence-electron chi connectivity index (χ3n) is 4.48. The minimum absolute atomic E-state index is 0.0736. The van der Waals surface area contributed by atoms with Crippen molar-refractivity contribution >= 4 is 11.8 Å². The van der Waals surface area contributed by atoms with Gasteiger partial charge in [-0.2, -0.15) is 0 Å². The van der Waals surface area contributed by atoms with E-state index in [9.17, 15) is 20.4 Å². The van der Waals surface area contributed by atoms with E-state index in [0.717, 1.165) is 6.42 Å². The second-order valence-electron chi connectivity index (χ2n) is 6.61. The first-order chi connectivity index (χ1) is 10.3. The summed E-state index contributed by atoms with van der Waals surface area (Å²) >= 11 is 1.36. The van der Waals surface area contributed by atoms with Gasteiger partial charge in [0.2, 0.25) is 0 Å². The molecule has 0 radical (unpaired) electrons. The maximum Gasteiger partial charge on any atom is 0.132 e. The van der Waals surface area contributed by atoms with Gasteiger partial charge in [-0.25, -0.2) is 0 Å². The largest absolute Gasteiger partial charge is 0.394 e.